The van der Waals surface area contributed by atoms with E-state index >= 15 is 0 Å². The van der Waals surface area contributed by atoms with Crippen molar-refractivity contribution in [1.82, 2.24) is 0 Å². The van der Waals surface area contributed by atoms with Crippen LogP contribution in [0.25, 0.3) is 0 Å². The Balaban J connectivity index is 2.28. The van der Waals surface area contributed by atoms with Crippen LogP contribution < -0.4 is 4.74 Å². The lowest BCUT2D eigenvalue weighted by atomic mass is 9.92. The third-order valence-electron chi connectivity index (χ3n) is 5.17. The maximum absolute atomic E-state index is 14.4. The first kappa shape index (κ1) is 25.2. The van der Waals surface area contributed by atoms with Crippen LogP contribution in [-0.4, -0.2) is 49.3 Å². The van der Waals surface area contributed by atoms with Gasteiger partial charge in [-0.05, 0) is 32.0 Å². The first-order valence-corrected chi connectivity index (χ1v) is 11.4. The number of thiophene rings is 2. The van der Waals surface area contributed by atoms with Crippen molar-refractivity contribution in [3.8, 4) is 17.2 Å². The normalized spacial score (nSPS) is 10.9. The second-order valence-corrected chi connectivity index (χ2v) is 9.63. The molecule has 2 aromatic heterocycles. The van der Waals surface area contributed by atoms with E-state index in [1.165, 1.54) is 19.2 Å². The number of esters is 2. The number of ketones is 1. The molecule has 0 saturated heterocycles. The summed E-state index contributed by atoms with van der Waals surface area (Å²) in [4.78, 5) is 38.9. The molecule has 0 radical (unpaired) electrons. The summed E-state index contributed by atoms with van der Waals surface area (Å²) in [5.74, 6) is -5.48. The van der Waals surface area contributed by atoms with Gasteiger partial charge in [-0.15, -0.1) is 22.7 Å². The van der Waals surface area contributed by atoms with E-state index in [1.54, 1.807) is 13.8 Å². The number of methoxy groups -OCH3 is 3. The van der Waals surface area contributed by atoms with Crippen LogP contribution >= 0.6 is 22.7 Å². The number of rotatable bonds is 7. The third kappa shape index (κ3) is 4.24. The molecule has 2 N–H and O–H groups in total. The highest BCUT2D eigenvalue weighted by Crippen LogP contribution is 2.49. The zero-order chi connectivity index (χ0) is 25.3. The first-order chi connectivity index (χ1) is 16.1. The molecule has 0 unspecified atom stereocenters. The lowest BCUT2D eigenvalue weighted by Gasteiger charge is -2.15. The molecule has 0 fully saturated rings. The number of halogens is 1. The molecule has 0 aliphatic heterocycles. The van der Waals surface area contributed by atoms with E-state index in [0.717, 1.165) is 43.0 Å². The summed E-state index contributed by atoms with van der Waals surface area (Å²) in [5.41, 5.74) is -0.317. The van der Waals surface area contributed by atoms with Gasteiger partial charge in [0.15, 0.2) is 17.3 Å². The lowest BCUT2D eigenvalue weighted by molar-refractivity contribution is 0.0588. The quantitative estimate of drug-likeness (QED) is 0.352. The van der Waals surface area contributed by atoms with Crippen molar-refractivity contribution in [2.45, 2.75) is 19.8 Å². The summed E-state index contributed by atoms with van der Waals surface area (Å²) >= 11 is 1.90. The minimum absolute atomic E-state index is 0.0343. The smallest absolute Gasteiger partial charge is 0.342 e. The SMILES string of the molecule is COC(=O)c1c(C)sc(C(C(=O)c2ccc(OC)c(F)c2)c2sc(C)c(C(=O)OC)c2O)c1O. The average Bonchev–Trinajstić information content (AvgIpc) is 3.27. The van der Waals surface area contributed by atoms with Crippen molar-refractivity contribution in [3.05, 3.63) is 60.2 Å². The largest absolute Gasteiger partial charge is 0.506 e. The third-order valence-corrected chi connectivity index (χ3v) is 7.49. The van der Waals surface area contributed by atoms with Gasteiger partial charge in [0, 0.05) is 15.3 Å². The molecule has 180 valence electrons. The van der Waals surface area contributed by atoms with Gasteiger partial charge in [-0.25, -0.2) is 14.0 Å². The Morgan fingerprint density at radius 2 is 1.35 bits per heavy atom. The summed E-state index contributed by atoms with van der Waals surface area (Å²) in [7, 11) is 3.58. The van der Waals surface area contributed by atoms with Gasteiger partial charge in [0.25, 0.3) is 0 Å². The highest BCUT2D eigenvalue weighted by molar-refractivity contribution is 7.14. The van der Waals surface area contributed by atoms with Crippen LogP contribution in [-0.2, 0) is 9.47 Å². The molecule has 8 nitrogen and oxygen atoms in total. The second-order valence-electron chi connectivity index (χ2n) is 7.12. The molecule has 0 amide bonds. The molecule has 0 aliphatic rings. The summed E-state index contributed by atoms with van der Waals surface area (Å²) in [6, 6.07) is 3.60. The minimum Gasteiger partial charge on any atom is -0.506 e. The van der Waals surface area contributed by atoms with Gasteiger partial charge in [-0.3, -0.25) is 4.79 Å². The fourth-order valence-electron chi connectivity index (χ4n) is 3.53. The Bertz CT molecular complexity index is 1220. The topological polar surface area (TPSA) is 119 Å². The van der Waals surface area contributed by atoms with E-state index < -0.39 is 41.0 Å². The summed E-state index contributed by atoms with van der Waals surface area (Å²) < 4.78 is 28.7. The minimum atomic E-state index is -1.35. The van der Waals surface area contributed by atoms with Crippen LogP contribution in [0, 0.1) is 19.7 Å². The van der Waals surface area contributed by atoms with Crippen LogP contribution in [0.15, 0.2) is 18.2 Å². The van der Waals surface area contributed by atoms with Crippen molar-refractivity contribution in [2.75, 3.05) is 21.3 Å². The molecule has 3 aromatic rings. The van der Waals surface area contributed by atoms with Crippen molar-refractivity contribution in [2.24, 2.45) is 0 Å². The number of hydrogen-bond donors (Lipinski definition) is 2. The van der Waals surface area contributed by atoms with Crippen molar-refractivity contribution in [1.29, 1.82) is 0 Å². The molecule has 1 aromatic carbocycles. The van der Waals surface area contributed by atoms with Crippen LogP contribution in [0.1, 0.15) is 56.5 Å². The lowest BCUT2D eigenvalue weighted by Crippen LogP contribution is -2.14. The van der Waals surface area contributed by atoms with E-state index in [1.807, 2.05) is 0 Å². The standard InChI is InChI=1S/C23H21FO8S2/c1-9-14(22(28)31-4)18(26)20(33-9)16(17(25)11-6-7-13(30-3)12(24)8-11)21-19(27)15(10(2)34-21)23(29)32-5/h6-8,16,26-27H,1-5H3. The van der Waals surface area contributed by atoms with E-state index in [9.17, 15) is 29.0 Å². The van der Waals surface area contributed by atoms with Crippen LogP contribution in [0.3, 0.4) is 0 Å². The van der Waals surface area contributed by atoms with E-state index in [4.69, 9.17) is 14.2 Å². The number of benzene rings is 1. The van der Waals surface area contributed by atoms with Crippen molar-refractivity contribution < 1.29 is 43.2 Å². The number of carbonyl (C=O) groups is 3. The Labute approximate surface area is 202 Å². The number of carbonyl (C=O) groups excluding carboxylic acids is 3. The second kappa shape index (κ2) is 9.82. The zero-order valence-corrected chi connectivity index (χ0v) is 20.5. The highest BCUT2D eigenvalue weighted by atomic mass is 32.1. The van der Waals surface area contributed by atoms with E-state index in [2.05, 4.69) is 0 Å². The number of aromatic hydroxyl groups is 2. The molecule has 2 heterocycles. The first-order valence-electron chi connectivity index (χ1n) is 9.76. The van der Waals surface area contributed by atoms with Crippen molar-refractivity contribution >= 4 is 40.4 Å². The number of Topliss-reactive ketones (excluding diaryl/α,β-unsaturated/α-hetero) is 1. The van der Waals surface area contributed by atoms with Gasteiger partial charge in [-0.1, -0.05) is 0 Å². The Morgan fingerprint density at radius 3 is 1.74 bits per heavy atom. The average molecular weight is 509 g/mol. The molecule has 0 aliphatic carbocycles. The number of ether oxygens (including phenoxy) is 3. The fraction of sp³-hybridized carbons (Fsp3) is 0.261. The fourth-order valence-corrected chi connectivity index (χ4v) is 5.91. The molecule has 0 saturated carbocycles. The monoisotopic (exact) mass is 508 g/mol. The Hall–Kier alpha value is -3.44. The Morgan fingerprint density at radius 1 is 0.882 bits per heavy atom. The molecule has 0 atom stereocenters. The molecule has 0 bridgehead atoms. The van der Waals surface area contributed by atoms with Gasteiger partial charge in [-0.2, -0.15) is 0 Å². The van der Waals surface area contributed by atoms with Crippen LogP contribution in [0.5, 0.6) is 17.2 Å². The van der Waals surface area contributed by atoms with E-state index in [0.29, 0.717) is 9.75 Å². The van der Waals surface area contributed by atoms with Crippen molar-refractivity contribution in [3.63, 3.8) is 0 Å². The summed E-state index contributed by atoms with van der Waals surface area (Å²) in [6.45, 7) is 3.13. The maximum atomic E-state index is 14.4. The van der Waals surface area contributed by atoms with Crippen LogP contribution in [0.2, 0.25) is 0 Å². The Kier molecular flexibility index (Phi) is 7.27. The maximum Gasteiger partial charge on any atom is 0.342 e. The molecule has 11 heteroatoms. The highest BCUT2D eigenvalue weighted by Gasteiger charge is 2.37. The van der Waals surface area contributed by atoms with Crippen LogP contribution in [0.4, 0.5) is 4.39 Å². The van der Waals surface area contributed by atoms with Gasteiger partial charge in [0.05, 0.1) is 37.0 Å². The number of aryl methyl sites for hydroxylation is 2. The molecule has 34 heavy (non-hydrogen) atoms. The van der Waals surface area contributed by atoms with E-state index in [-0.39, 0.29) is 32.2 Å². The molecular weight excluding hydrogens is 487 g/mol. The molecule has 0 spiro atoms. The summed E-state index contributed by atoms with van der Waals surface area (Å²) in [6.07, 6.45) is 0. The molecule has 3 rings (SSSR count). The predicted octanol–water partition coefficient (Wildman–Crippen LogP) is 4.57. The van der Waals surface area contributed by atoms with Gasteiger partial charge in [0.2, 0.25) is 0 Å². The van der Waals surface area contributed by atoms with Gasteiger partial charge < -0.3 is 24.4 Å². The summed E-state index contributed by atoms with van der Waals surface area (Å²) in [5, 5.41) is 21.8. The predicted molar refractivity (Wildman–Crippen MR) is 123 cm³/mol. The van der Waals surface area contributed by atoms with Gasteiger partial charge in [0.1, 0.15) is 22.6 Å². The zero-order valence-electron chi connectivity index (χ0n) is 18.8. The molecular formula is C23H21FO8S2. The number of hydrogen-bond acceptors (Lipinski definition) is 10. The van der Waals surface area contributed by atoms with Gasteiger partial charge >= 0.3 is 11.9 Å².